The Kier molecular flexibility index (Phi) is 4.24. The Balaban J connectivity index is 1.80. The molecule has 0 bridgehead atoms. The molecule has 3 rings (SSSR count). The molecule has 2 heterocycles. The highest BCUT2D eigenvalue weighted by Crippen LogP contribution is 2.19. The molecule has 0 aliphatic carbocycles. The number of pyridine rings is 1. The number of carbonyl (C=O) groups is 1. The van der Waals surface area contributed by atoms with Crippen molar-refractivity contribution in [3.8, 4) is 17.3 Å². The number of aromatic nitrogens is 3. The maximum atomic E-state index is 10.7. The molecule has 0 aliphatic rings. The second-order valence-electron chi connectivity index (χ2n) is 4.79. The van der Waals surface area contributed by atoms with E-state index in [1.807, 2.05) is 30.3 Å². The van der Waals surface area contributed by atoms with Crippen LogP contribution in [0.4, 0.5) is 4.79 Å². The third kappa shape index (κ3) is 3.68. The number of hydrogen-bond donors (Lipinski definition) is 1. The molecule has 0 saturated heterocycles. The van der Waals surface area contributed by atoms with E-state index in [0.29, 0.717) is 17.8 Å². The highest BCUT2D eigenvalue weighted by molar-refractivity contribution is 5.61. The molecule has 0 saturated carbocycles. The van der Waals surface area contributed by atoms with Gasteiger partial charge in [-0.05, 0) is 11.6 Å². The molecule has 0 radical (unpaired) electrons. The first-order chi connectivity index (χ1) is 11.2. The van der Waals surface area contributed by atoms with Crippen molar-refractivity contribution in [1.82, 2.24) is 15.0 Å². The summed E-state index contributed by atoms with van der Waals surface area (Å²) in [6, 6.07) is 13.2. The normalized spacial score (nSPS) is 10.3. The van der Waals surface area contributed by atoms with Gasteiger partial charge in [0.05, 0.1) is 0 Å². The van der Waals surface area contributed by atoms with Gasteiger partial charge in [0.2, 0.25) is 5.88 Å². The van der Waals surface area contributed by atoms with Gasteiger partial charge in [0.15, 0.2) is 5.82 Å². The lowest BCUT2D eigenvalue weighted by atomic mass is 10.1. The first-order valence-corrected chi connectivity index (χ1v) is 6.93. The first-order valence-electron chi connectivity index (χ1n) is 6.93. The predicted molar refractivity (Wildman–Crippen MR) is 83.2 cm³/mol. The van der Waals surface area contributed by atoms with E-state index in [9.17, 15) is 4.79 Å². The van der Waals surface area contributed by atoms with Gasteiger partial charge in [-0.1, -0.05) is 36.4 Å². The third-order valence-corrected chi connectivity index (χ3v) is 3.17. The van der Waals surface area contributed by atoms with Crippen LogP contribution in [0.1, 0.15) is 11.1 Å². The molecule has 0 aliphatic heterocycles. The quantitative estimate of drug-likeness (QED) is 0.745. The van der Waals surface area contributed by atoms with Crippen molar-refractivity contribution in [2.45, 2.75) is 6.42 Å². The number of ether oxygens (including phenoxy) is 1. The molecule has 6 nitrogen and oxygen atoms in total. The van der Waals surface area contributed by atoms with Crippen LogP contribution in [0.15, 0.2) is 61.1 Å². The number of hydrogen-bond acceptors (Lipinski definition) is 5. The van der Waals surface area contributed by atoms with E-state index in [1.54, 1.807) is 24.5 Å². The molecule has 6 heteroatoms. The topological polar surface area (TPSA) is 85.2 Å². The van der Waals surface area contributed by atoms with Crippen LogP contribution in [-0.2, 0) is 6.42 Å². The summed E-state index contributed by atoms with van der Waals surface area (Å²) in [6.45, 7) is 0. The van der Waals surface area contributed by atoms with Crippen molar-refractivity contribution in [3.63, 3.8) is 0 Å². The molecule has 0 atom stereocenters. The lowest BCUT2D eigenvalue weighted by Gasteiger charge is -2.07. The summed E-state index contributed by atoms with van der Waals surface area (Å²) in [5, 5.41) is 8.73. The van der Waals surface area contributed by atoms with Crippen LogP contribution in [0, 0.1) is 0 Å². The summed E-state index contributed by atoms with van der Waals surface area (Å²) in [5.74, 6) is 0.717. The Hall–Kier alpha value is -3.28. The number of nitrogens with zero attached hydrogens (tertiary/aromatic N) is 3. The summed E-state index contributed by atoms with van der Waals surface area (Å²) < 4.78 is 4.68. The van der Waals surface area contributed by atoms with Gasteiger partial charge in [0.1, 0.15) is 0 Å². The second kappa shape index (κ2) is 6.65. The minimum atomic E-state index is -1.39. The van der Waals surface area contributed by atoms with Gasteiger partial charge in [-0.3, -0.25) is 0 Å². The van der Waals surface area contributed by atoms with Crippen LogP contribution >= 0.6 is 0 Å². The summed E-state index contributed by atoms with van der Waals surface area (Å²) in [6.07, 6.45) is 3.96. The summed E-state index contributed by atoms with van der Waals surface area (Å²) >= 11 is 0. The van der Waals surface area contributed by atoms with Crippen molar-refractivity contribution in [2.75, 3.05) is 0 Å². The van der Waals surface area contributed by atoms with Gasteiger partial charge in [0.25, 0.3) is 0 Å². The fourth-order valence-electron chi connectivity index (χ4n) is 2.14. The molecular weight excluding hydrogens is 294 g/mol. The molecule has 2 aromatic heterocycles. The minimum absolute atomic E-state index is 0.0761. The van der Waals surface area contributed by atoms with Crippen LogP contribution in [0.2, 0.25) is 0 Å². The zero-order valence-electron chi connectivity index (χ0n) is 12.1. The van der Waals surface area contributed by atoms with Crippen molar-refractivity contribution in [1.29, 1.82) is 0 Å². The molecule has 114 valence electrons. The van der Waals surface area contributed by atoms with Gasteiger partial charge in [0, 0.05) is 36.1 Å². The van der Waals surface area contributed by atoms with E-state index >= 15 is 0 Å². The monoisotopic (exact) mass is 307 g/mol. The zero-order chi connectivity index (χ0) is 16.1. The molecule has 0 amide bonds. The Bertz CT molecular complexity index is 805. The fourth-order valence-corrected chi connectivity index (χ4v) is 2.14. The van der Waals surface area contributed by atoms with Gasteiger partial charge in [-0.15, -0.1) is 0 Å². The van der Waals surface area contributed by atoms with Gasteiger partial charge < -0.3 is 9.84 Å². The van der Waals surface area contributed by atoms with Gasteiger partial charge >= 0.3 is 6.16 Å². The molecule has 1 N–H and O–H groups in total. The third-order valence-electron chi connectivity index (χ3n) is 3.17. The van der Waals surface area contributed by atoms with Crippen molar-refractivity contribution < 1.29 is 14.6 Å². The standard InChI is InChI=1S/C17H13N3O3/c21-17(22)23-16-14(7-4-8-18-16)9-12-10-19-15(20-11-12)13-5-2-1-3-6-13/h1-8,10-11H,9H2,(H,21,22). The molecule has 0 spiro atoms. The second-order valence-corrected chi connectivity index (χ2v) is 4.79. The van der Waals surface area contributed by atoms with Crippen molar-refractivity contribution in [2.24, 2.45) is 0 Å². The van der Waals surface area contributed by atoms with Crippen molar-refractivity contribution >= 4 is 6.16 Å². The average molecular weight is 307 g/mol. The molecule has 3 aromatic rings. The van der Waals surface area contributed by atoms with E-state index in [0.717, 1.165) is 11.1 Å². The van der Waals surface area contributed by atoms with Crippen LogP contribution in [0.5, 0.6) is 5.88 Å². The fraction of sp³-hybridized carbons (Fsp3) is 0.0588. The highest BCUT2D eigenvalue weighted by Gasteiger charge is 2.10. The van der Waals surface area contributed by atoms with E-state index in [1.165, 1.54) is 6.20 Å². The molecule has 1 aromatic carbocycles. The van der Waals surface area contributed by atoms with E-state index in [2.05, 4.69) is 19.7 Å². The number of rotatable bonds is 4. The maximum Gasteiger partial charge on any atom is 0.512 e. The van der Waals surface area contributed by atoms with E-state index in [4.69, 9.17) is 5.11 Å². The molecule has 23 heavy (non-hydrogen) atoms. The number of carboxylic acid groups (broad SMARTS) is 1. The Morgan fingerprint density at radius 1 is 1.00 bits per heavy atom. The molecule has 0 fully saturated rings. The Morgan fingerprint density at radius 2 is 1.74 bits per heavy atom. The highest BCUT2D eigenvalue weighted by atomic mass is 16.7. The van der Waals surface area contributed by atoms with Crippen LogP contribution in [-0.4, -0.2) is 26.2 Å². The minimum Gasteiger partial charge on any atom is -0.449 e. The Labute approximate surface area is 132 Å². The summed E-state index contributed by atoms with van der Waals surface area (Å²) in [5.41, 5.74) is 2.44. The number of benzene rings is 1. The lowest BCUT2D eigenvalue weighted by molar-refractivity contribution is 0.142. The largest absolute Gasteiger partial charge is 0.512 e. The van der Waals surface area contributed by atoms with Crippen molar-refractivity contribution in [3.05, 3.63) is 72.2 Å². The summed E-state index contributed by atoms with van der Waals surface area (Å²) in [4.78, 5) is 23.3. The van der Waals surface area contributed by atoms with Gasteiger partial charge in [-0.25, -0.2) is 19.7 Å². The predicted octanol–water partition coefficient (Wildman–Crippen LogP) is 3.19. The van der Waals surface area contributed by atoms with Gasteiger partial charge in [-0.2, -0.15) is 0 Å². The zero-order valence-corrected chi connectivity index (χ0v) is 12.1. The van der Waals surface area contributed by atoms with E-state index in [-0.39, 0.29) is 5.88 Å². The average Bonchev–Trinajstić information content (AvgIpc) is 2.58. The van der Waals surface area contributed by atoms with Crippen LogP contribution < -0.4 is 4.74 Å². The SMILES string of the molecule is O=C(O)Oc1ncccc1Cc1cnc(-c2ccccc2)nc1. The first kappa shape index (κ1) is 14.6. The lowest BCUT2D eigenvalue weighted by Crippen LogP contribution is -2.07. The van der Waals surface area contributed by atoms with Crippen LogP contribution in [0.3, 0.4) is 0 Å². The molecule has 0 unspecified atom stereocenters. The molecular formula is C17H13N3O3. The summed E-state index contributed by atoms with van der Waals surface area (Å²) in [7, 11) is 0. The van der Waals surface area contributed by atoms with Crippen LogP contribution in [0.25, 0.3) is 11.4 Å². The maximum absolute atomic E-state index is 10.7. The smallest absolute Gasteiger partial charge is 0.449 e. The van der Waals surface area contributed by atoms with E-state index < -0.39 is 6.16 Å². The Morgan fingerprint density at radius 3 is 2.43 bits per heavy atom.